The molecule has 13 heteroatoms. The van der Waals surface area contributed by atoms with Crippen LogP contribution in [0.1, 0.15) is 75.4 Å². The normalized spacial score (nSPS) is 17.1. The first-order chi connectivity index (χ1) is 20.8. The highest BCUT2D eigenvalue weighted by Crippen LogP contribution is 2.37. The number of carbonyl (C=O) groups excluding carboxylic acids is 1. The van der Waals surface area contributed by atoms with Crippen LogP contribution in [0.5, 0.6) is 0 Å². The SMILES string of the molecule is CC(C)c1nc(C=O)nc(C(C)C)c1-n1c(=O)nc(N2C[C@@H](C)N(C(=O)O)C[C@@H]2C)c2cc(Cl)c(-c3ccccc3F)nc21. The molecule has 0 bridgehead atoms. The molecule has 1 aliphatic heterocycles. The third-order valence-corrected chi connectivity index (χ3v) is 8.10. The summed E-state index contributed by atoms with van der Waals surface area (Å²) in [5, 5.41) is 10.2. The van der Waals surface area contributed by atoms with Gasteiger partial charge in [0.2, 0.25) is 0 Å². The molecule has 4 heterocycles. The molecule has 1 saturated heterocycles. The Hall–Kier alpha value is -4.45. The van der Waals surface area contributed by atoms with Crippen LogP contribution in [0.15, 0.2) is 35.1 Å². The number of carbonyl (C=O) groups is 2. The number of nitrogens with zero attached hydrogens (tertiary/aromatic N) is 7. The van der Waals surface area contributed by atoms with Crippen LogP contribution in [-0.4, -0.2) is 72.1 Å². The van der Waals surface area contributed by atoms with Crippen molar-refractivity contribution in [2.45, 2.75) is 65.5 Å². The number of aromatic nitrogens is 5. The van der Waals surface area contributed by atoms with Crippen molar-refractivity contribution in [3.63, 3.8) is 0 Å². The number of rotatable bonds is 6. The maximum atomic E-state index is 15.1. The fourth-order valence-corrected chi connectivity index (χ4v) is 5.91. The van der Waals surface area contributed by atoms with E-state index in [-0.39, 0.29) is 64.5 Å². The van der Waals surface area contributed by atoms with Crippen molar-refractivity contribution >= 4 is 40.8 Å². The summed E-state index contributed by atoms with van der Waals surface area (Å²) in [7, 11) is 0. The van der Waals surface area contributed by atoms with Crippen LogP contribution in [-0.2, 0) is 0 Å². The Labute approximate surface area is 258 Å². The highest BCUT2D eigenvalue weighted by atomic mass is 35.5. The molecule has 0 aliphatic carbocycles. The fourth-order valence-electron chi connectivity index (χ4n) is 5.65. The molecule has 3 aromatic heterocycles. The van der Waals surface area contributed by atoms with Gasteiger partial charge in [-0.25, -0.2) is 33.5 Å². The summed E-state index contributed by atoms with van der Waals surface area (Å²) in [5.74, 6) is -0.725. The minimum Gasteiger partial charge on any atom is -0.465 e. The molecule has 1 amide bonds. The van der Waals surface area contributed by atoms with Crippen LogP contribution in [0.3, 0.4) is 0 Å². The average Bonchev–Trinajstić information content (AvgIpc) is 2.97. The lowest BCUT2D eigenvalue weighted by molar-refractivity contribution is 0.111. The van der Waals surface area contributed by atoms with E-state index in [4.69, 9.17) is 16.6 Å². The van der Waals surface area contributed by atoms with Crippen LogP contribution in [0, 0.1) is 5.82 Å². The molecule has 0 spiro atoms. The van der Waals surface area contributed by atoms with Crippen molar-refractivity contribution in [3.8, 4) is 16.9 Å². The summed E-state index contributed by atoms with van der Waals surface area (Å²) in [6.45, 7) is 11.6. The quantitative estimate of drug-likeness (QED) is 0.270. The van der Waals surface area contributed by atoms with E-state index in [1.54, 1.807) is 31.2 Å². The zero-order chi connectivity index (χ0) is 32.0. The van der Waals surface area contributed by atoms with Gasteiger partial charge in [0.15, 0.2) is 17.8 Å². The number of hydrogen-bond acceptors (Lipinski definition) is 8. The van der Waals surface area contributed by atoms with E-state index >= 15 is 4.39 Å². The number of pyridine rings is 1. The Bertz CT molecular complexity index is 1820. The van der Waals surface area contributed by atoms with Gasteiger partial charge >= 0.3 is 11.8 Å². The second-order valence-electron chi connectivity index (χ2n) is 11.6. The second-order valence-corrected chi connectivity index (χ2v) is 12.0. The third-order valence-electron chi connectivity index (χ3n) is 7.81. The monoisotopic (exact) mass is 621 g/mol. The number of aldehydes is 1. The first-order valence-corrected chi connectivity index (χ1v) is 14.7. The van der Waals surface area contributed by atoms with Crippen LogP contribution in [0.4, 0.5) is 15.0 Å². The number of carboxylic acid groups (broad SMARTS) is 1. The van der Waals surface area contributed by atoms with Gasteiger partial charge in [-0.3, -0.25) is 4.79 Å². The Morgan fingerprint density at radius 1 is 1.02 bits per heavy atom. The molecule has 1 N–H and O–H groups in total. The third kappa shape index (κ3) is 5.38. The Morgan fingerprint density at radius 3 is 2.23 bits per heavy atom. The van der Waals surface area contributed by atoms with Crippen molar-refractivity contribution in [1.82, 2.24) is 29.4 Å². The molecular weight excluding hydrogens is 589 g/mol. The molecule has 1 aromatic carbocycles. The Balaban J connectivity index is 1.90. The summed E-state index contributed by atoms with van der Waals surface area (Å²) in [4.78, 5) is 59.4. The van der Waals surface area contributed by atoms with Crippen LogP contribution >= 0.6 is 11.6 Å². The van der Waals surface area contributed by atoms with Crippen LogP contribution in [0.2, 0.25) is 5.02 Å². The number of fused-ring (bicyclic) bond motifs is 1. The lowest BCUT2D eigenvalue weighted by atomic mass is 10.0. The molecule has 1 aliphatic rings. The van der Waals surface area contributed by atoms with Gasteiger partial charge in [0.25, 0.3) is 0 Å². The van der Waals surface area contributed by atoms with E-state index < -0.39 is 23.6 Å². The number of hydrogen-bond donors (Lipinski definition) is 1. The highest BCUT2D eigenvalue weighted by Gasteiger charge is 2.35. The van der Waals surface area contributed by atoms with Crippen molar-refractivity contribution in [1.29, 1.82) is 0 Å². The molecule has 4 aromatic rings. The molecule has 1 fully saturated rings. The molecule has 5 rings (SSSR count). The number of halogens is 2. The van der Waals surface area contributed by atoms with Crippen molar-refractivity contribution < 1.29 is 19.1 Å². The van der Waals surface area contributed by atoms with Crippen LogP contribution < -0.4 is 10.6 Å². The molecule has 0 radical (unpaired) electrons. The summed E-state index contributed by atoms with van der Waals surface area (Å²) < 4.78 is 16.4. The maximum Gasteiger partial charge on any atom is 0.407 e. The number of anilines is 1. The van der Waals surface area contributed by atoms with Gasteiger partial charge in [0.1, 0.15) is 11.6 Å². The molecule has 11 nitrogen and oxygen atoms in total. The molecule has 0 unspecified atom stereocenters. The van der Waals surface area contributed by atoms with Gasteiger partial charge in [-0.05, 0) is 43.9 Å². The average molecular weight is 622 g/mol. The van der Waals surface area contributed by atoms with Crippen molar-refractivity contribution in [3.05, 3.63) is 68.9 Å². The molecule has 2 atom stereocenters. The van der Waals surface area contributed by atoms with E-state index in [1.807, 2.05) is 39.5 Å². The van der Waals surface area contributed by atoms with E-state index in [1.165, 1.54) is 15.5 Å². The van der Waals surface area contributed by atoms with Gasteiger partial charge < -0.3 is 14.9 Å². The lowest BCUT2D eigenvalue weighted by Crippen LogP contribution is -2.58. The topological polar surface area (TPSA) is 134 Å². The maximum absolute atomic E-state index is 15.1. The fraction of sp³-hybridized carbons (Fsp3) is 0.387. The Morgan fingerprint density at radius 2 is 1.66 bits per heavy atom. The Kier molecular flexibility index (Phi) is 8.39. The molecule has 0 saturated carbocycles. The second kappa shape index (κ2) is 11.9. The molecular formula is C31H33ClFN7O4. The minimum absolute atomic E-state index is 0.00903. The van der Waals surface area contributed by atoms with Gasteiger partial charge in [-0.1, -0.05) is 51.4 Å². The van der Waals surface area contributed by atoms with Gasteiger partial charge in [-0.2, -0.15) is 4.98 Å². The largest absolute Gasteiger partial charge is 0.465 e. The standard InChI is InChI=1S/C31H33ClFN7O4/c1-15(2)24-27(25(16(3)4)35-23(14-41)34-24)40-29-20(11-21(32)26(36-29)19-9-7-8-10-22(19)33)28(37-30(40)42)38-12-18(6)39(31(43)44)13-17(38)5/h7-11,14-18H,12-13H2,1-6H3,(H,43,44)/t17-,18+/m0/s1. The van der Waals surface area contributed by atoms with Crippen LogP contribution in [0.25, 0.3) is 28.0 Å². The zero-order valence-electron chi connectivity index (χ0n) is 25.2. The molecule has 230 valence electrons. The number of amides is 1. The van der Waals surface area contributed by atoms with E-state index in [0.29, 0.717) is 28.7 Å². The van der Waals surface area contributed by atoms with Gasteiger partial charge in [0.05, 0.1) is 33.2 Å². The van der Waals surface area contributed by atoms with Crippen molar-refractivity contribution in [2.24, 2.45) is 0 Å². The lowest BCUT2D eigenvalue weighted by Gasteiger charge is -2.43. The van der Waals surface area contributed by atoms with E-state index in [2.05, 4.69) is 15.0 Å². The van der Waals surface area contributed by atoms with Gasteiger partial charge in [-0.15, -0.1) is 0 Å². The summed E-state index contributed by atoms with van der Waals surface area (Å²) >= 11 is 6.78. The smallest absolute Gasteiger partial charge is 0.407 e. The number of benzene rings is 1. The summed E-state index contributed by atoms with van der Waals surface area (Å²) in [6.07, 6.45) is -0.463. The first-order valence-electron chi connectivity index (χ1n) is 14.4. The zero-order valence-corrected chi connectivity index (χ0v) is 26.0. The summed E-state index contributed by atoms with van der Waals surface area (Å²) in [6, 6.07) is 6.94. The predicted octanol–water partition coefficient (Wildman–Crippen LogP) is 5.67. The minimum atomic E-state index is -1.03. The predicted molar refractivity (Wildman–Crippen MR) is 166 cm³/mol. The molecule has 44 heavy (non-hydrogen) atoms. The highest BCUT2D eigenvalue weighted by molar-refractivity contribution is 6.33. The van der Waals surface area contributed by atoms with Crippen molar-refractivity contribution in [2.75, 3.05) is 18.0 Å². The first kappa shape index (κ1) is 31.0. The summed E-state index contributed by atoms with van der Waals surface area (Å²) in [5.41, 5.74) is 0.982. The van der Waals surface area contributed by atoms with Gasteiger partial charge in [0, 0.05) is 30.7 Å². The van der Waals surface area contributed by atoms with E-state index in [0.717, 1.165) is 0 Å². The van der Waals surface area contributed by atoms with E-state index in [9.17, 15) is 19.5 Å². The number of piperazine rings is 1.